The minimum absolute atomic E-state index is 0.0219. The summed E-state index contributed by atoms with van der Waals surface area (Å²) in [5.41, 5.74) is 2.89. The van der Waals surface area contributed by atoms with E-state index in [-0.39, 0.29) is 23.9 Å². The van der Waals surface area contributed by atoms with Crippen molar-refractivity contribution in [3.63, 3.8) is 0 Å². The van der Waals surface area contributed by atoms with Gasteiger partial charge in [-0.1, -0.05) is 18.2 Å². The molecule has 2 aliphatic rings. The van der Waals surface area contributed by atoms with E-state index in [1.54, 1.807) is 20.3 Å². The zero-order chi connectivity index (χ0) is 27.5. The average molecular weight is 544 g/mol. The first-order chi connectivity index (χ1) is 19.1. The van der Waals surface area contributed by atoms with Gasteiger partial charge in [0.2, 0.25) is 0 Å². The van der Waals surface area contributed by atoms with Crippen LogP contribution < -0.4 is 15.4 Å². The monoisotopic (exact) mass is 543 g/mol. The third-order valence-corrected chi connectivity index (χ3v) is 7.57. The Balaban J connectivity index is 1.42. The molecule has 1 unspecified atom stereocenters. The van der Waals surface area contributed by atoms with Gasteiger partial charge in [-0.3, -0.25) is 4.90 Å². The van der Waals surface area contributed by atoms with Gasteiger partial charge in [0, 0.05) is 58.4 Å². The largest absolute Gasteiger partial charge is 0.506 e. The van der Waals surface area contributed by atoms with Crippen molar-refractivity contribution in [3.05, 3.63) is 53.6 Å². The fourth-order valence-electron chi connectivity index (χ4n) is 5.31. The Morgan fingerprint density at radius 1 is 1.05 bits per heavy atom. The Kier molecular flexibility index (Phi) is 11.7. The van der Waals surface area contributed by atoms with Gasteiger partial charge in [-0.2, -0.15) is 0 Å². The minimum Gasteiger partial charge on any atom is -0.506 e. The van der Waals surface area contributed by atoms with Crippen LogP contribution in [0.1, 0.15) is 30.4 Å². The molecule has 0 bridgehead atoms. The number of anilines is 1. The van der Waals surface area contributed by atoms with Crippen LogP contribution in [-0.2, 0) is 25.6 Å². The lowest BCUT2D eigenvalue weighted by Gasteiger charge is -2.39. The summed E-state index contributed by atoms with van der Waals surface area (Å²) in [5.74, 6) is 1.14. The summed E-state index contributed by atoms with van der Waals surface area (Å²) in [5, 5.41) is 17.1. The van der Waals surface area contributed by atoms with Gasteiger partial charge < -0.3 is 39.4 Å². The maximum absolute atomic E-state index is 10.3. The maximum Gasteiger partial charge on any atom is 0.138 e. The molecule has 2 aromatic carbocycles. The van der Waals surface area contributed by atoms with Gasteiger partial charge in [-0.25, -0.2) is 0 Å². The zero-order valence-electron chi connectivity index (χ0n) is 23.6. The standard InChI is InChI=1S/C30H45N3O6/c1-22-20-37-15-12-33(22)13-16-38-28-18-31-19-29(30(28)24-6-8-25(36-3)9-7-24)39-21-23-5-10-27(34)26(17-23)32-11-4-14-35-2/h5-10,17,22,28-32,34H,4,11-16,18-21H2,1-3H3/t22-,28-,29+,30?/m1/s1. The number of hydrogen-bond donors (Lipinski definition) is 3. The molecule has 2 aliphatic heterocycles. The topological polar surface area (TPSA) is 93.7 Å². The van der Waals surface area contributed by atoms with Crippen molar-refractivity contribution in [2.24, 2.45) is 0 Å². The molecule has 4 rings (SSSR count). The SMILES string of the molecule is COCCCNc1cc(CO[C@H]2CNC[C@@H](OCCN3CCOC[C@H]3C)C2c2ccc(OC)cc2)ccc1O. The van der Waals surface area contributed by atoms with Crippen LogP contribution in [0.15, 0.2) is 42.5 Å². The van der Waals surface area contributed by atoms with Crippen molar-refractivity contribution in [1.29, 1.82) is 0 Å². The first kappa shape index (κ1) is 29.6. The quantitative estimate of drug-likeness (QED) is 0.245. The van der Waals surface area contributed by atoms with Crippen LogP contribution in [0, 0.1) is 0 Å². The minimum atomic E-state index is -0.0774. The van der Waals surface area contributed by atoms with Crippen molar-refractivity contribution in [2.75, 3.05) is 78.7 Å². The highest BCUT2D eigenvalue weighted by Crippen LogP contribution is 2.32. The van der Waals surface area contributed by atoms with E-state index >= 15 is 0 Å². The predicted molar refractivity (Wildman–Crippen MR) is 152 cm³/mol. The molecule has 216 valence electrons. The lowest BCUT2D eigenvalue weighted by Crippen LogP contribution is -2.51. The van der Waals surface area contributed by atoms with Crippen LogP contribution >= 0.6 is 0 Å². The fourth-order valence-corrected chi connectivity index (χ4v) is 5.31. The molecule has 2 heterocycles. The highest BCUT2D eigenvalue weighted by atomic mass is 16.5. The molecule has 0 spiro atoms. The van der Waals surface area contributed by atoms with Crippen LogP contribution in [0.4, 0.5) is 5.69 Å². The highest BCUT2D eigenvalue weighted by molar-refractivity contribution is 5.57. The Morgan fingerprint density at radius 3 is 2.59 bits per heavy atom. The van der Waals surface area contributed by atoms with Gasteiger partial charge in [-0.15, -0.1) is 0 Å². The molecule has 9 heteroatoms. The van der Waals surface area contributed by atoms with Crippen LogP contribution in [0.25, 0.3) is 0 Å². The van der Waals surface area contributed by atoms with E-state index in [0.717, 1.165) is 63.7 Å². The van der Waals surface area contributed by atoms with Gasteiger partial charge in [-0.05, 0) is 48.7 Å². The summed E-state index contributed by atoms with van der Waals surface area (Å²) >= 11 is 0. The molecule has 0 aliphatic carbocycles. The molecule has 0 aromatic heterocycles. The zero-order valence-corrected chi connectivity index (χ0v) is 23.6. The van der Waals surface area contributed by atoms with E-state index in [9.17, 15) is 5.11 Å². The molecule has 2 fully saturated rings. The van der Waals surface area contributed by atoms with Gasteiger partial charge in [0.15, 0.2) is 0 Å². The van der Waals surface area contributed by atoms with Crippen molar-refractivity contribution in [1.82, 2.24) is 10.2 Å². The Morgan fingerprint density at radius 2 is 1.85 bits per heavy atom. The van der Waals surface area contributed by atoms with Gasteiger partial charge in [0.05, 0.1) is 51.4 Å². The molecule has 0 saturated carbocycles. The van der Waals surface area contributed by atoms with E-state index < -0.39 is 0 Å². The Hall–Kier alpha value is -2.40. The lowest BCUT2D eigenvalue weighted by molar-refractivity contribution is -0.0706. The molecule has 2 aromatic rings. The normalized spacial score (nSPS) is 24.0. The lowest BCUT2D eigenvalue weighted by atomic mass is 9.85. The Bertz CT molecular complexity index is 991. The molecule has 0 radical (unpaired) electrons. The summed E-state index contributed by atoms with van der Waals surface area (Å²) in [7, 11) is 3.37. The number of piperidine rings is 1. The number of ether oxygens (including phenoxy) is 5. The van der Waals surface area contributed by atoms with E-state index in [4.69, 9.17) is 23.7 Å². The number of benzene rings is 2. The number of aromatic hydroxyl groups is 1. The number of rotatable bonds is 14. The molecule has 4 atom stereocenters. The molecule has 9 nitrogen and oxygen atoms in total. The third-order valence-electron chi connectivity index (χ3n) is 7.57. The number of nitrogens with one attached hydrogen (secondary N) is 2. The van der Waals surface area contributed by atoms with E-state index in [1.165, 1.54) is 5.56 Å². The van der Waals surface area contributed by atoms with Crippen molar-refractivity contribution < 1.29 is 28.8 Å². The highest BCUT2D eigenvalue weighted by Gasteiger charge is 2.36. The Labute approximate surface area is 232 Å². The average Bonchev–Trinajstić information content (AvgIpc) is 2.96. The van der Waals surface area contributed by atoms with Crippen molar-refractivity contribution >= 4 is 5.69 Å². The molecule has 2 saturated heterocycles. The number of phenolic OH excluding ortho intramolecular Hbond substituents is 1. The molecular formula is C30H45N3O6. The van der Waals surface area contributed by atoms with E-state index in [2.05, 4.69) is 34.6 Å². The van der Waals surface area contributed by atoms with Crippen LogP contribution in [-0.4, -0.2) is 102 Å². The number of nitrogens with zero attached hydrogens (tertiary/aromatic N) is 1. The van der Waals surface area contributed by atoms with Crippen LogP contribution in [0.2, 0.25) is 0 Å². The summed E-state index contributed by atoms with van der Waals surface area (Å²) in [6.45, 7) is 9.57. The number of morpholine rings is 1. The van der Waals surface area contributed by atoms with Crippen molar-refractivity contribution in [3.8, 4) is 11.5 Å². The number of phenols is 1. The number of methoxy groups -OCH3 is 2. The second-order valence-electron chi connectivity index (χ2n) is 10.3. The number of hydrogen-bond acceptors (Lipinski definition) is 9. The molecule has 0 amide bonds. The first-order valence-corrected chi connectivity index (χ1v) is 14.0. The van der Waals surface area contributed by atoms with Crippen molar-refractivity contribution in [2.45, 2.75) is 44.1 Å². The summed E-state index contributed by atoms with van der Waals surface area (Å²) in [6, 6.07) is 14.2. The molecule has 3 N–H and O–H groups in total. The van der Waals surface area contributed by atoms with E-state index in [1.807, 2.05) is 24.3 Å². The second kappa shape index (κ2) is 15.4. The predicted octanol–water partition coefficient (Wildman–Crippen LogP) is 3.23. The summed E-state index contributed by atoms with van der Waals surface area (Å²) in [6.07, 6.45) is 0.762. The second-order valence-corrected chi connectivity index (χ2v) is 10.3. The van der Waals surface area contributed by atoms with Crippen LogP contribution in [0.5, 0.6) is 11.5 Å². The molecule has 39 heavy (non-hydrogen) atoms. The maximum atomic E-state index is 10.3. The van der Waals surface area contributed by atoms with Crippen LogP contribution in [0.3, 0.4) is 0 Å². The summed E-state index contributed by atoms with van der Waals surface area (Å²) in [4.78, 5) is 2.43. The first-order valence-electron chi connectivity index (χ1n) is 14.0. The smallest absolute Gasteiger partial charge is 0.138 e. The van der Waals surface area contributed by atoms with E-state index in [0.29, 0.717) is 31.5 Å². The summed E-state index contributed by atoms with van der Waals surface area (Å²) < 4.78 is 29.2. The fraction of sp³-hybridized carbons (Fsp3) is 0.600. The third kappa shape index (κ3) is 8.54. The van der Waals surface area contributed by atoms with Gasteiger partial charge >= 0.3 is 0 Å². The van der Waals surface area contributed by atoms with Gasteiger partial charge in [0.25, 0.3) is 0 Å². The molecular weight excluding hydrogens is 498 g/mol. The van der Waals surface area contributed by atoms with Gasteiger partial charge in [0.1, 0.15) is 11.5 Å².